The van der Waals surface area contributed by atoms with Crippen molar-refractivity contribution in [2.75, 3.05) is 19.5 Å². The summed E-state index contributed by atoms with van der Waals surface area (Å²) in [5.41, 5.74) is 2.81. The molecule has 0 saturated heterocycles. The van der Waals surface area contributed by atoms with Crippen molar-refractivity contribution in [3.63, 3.8) is 0 Å². The smallest absolute Gasteiger partial charge is 0.264 e. The molecular formula is C24H31N3O6SSi. The van der Waals surface area contributed by atoms with Crippen LogP contribution in [-0.4, -0.2) is 56.8 Å². The van der Waals surface area contributed by atoms with Gasteiger partial charge in [-0.1, -0.05) is 25.7 Å². The molecule has 35 heavy (non-hydrogen) atoms. The number of hydrogen-bond acceptors (Lipinski definition) is 8. The molecule has 9 nitrogen and oxygen atoms in total. The second-order valence-corrected chi connectivity index (χ2v) is 17.0. The van der Waals surface area contributed by atoms with Crippen LogP contribution in [0.3, 0.4) is 0 Å². The summed E-state index contributed by atoms with van der Waals surface area (Å²) >= 11 is 0. The number of hydrogen-bond donors (Lipinski definition) is 0. The number of nitrogens with zero attached hydrogens (tertiary/aromatic N) is 3. The van der Waals surface area contributed by atoms with E-state index in [2.05, 4.69) is 29.7 Å². The molecule has 0 bridgehead atoms. The second-order valence-electron chi connectivity index (χ2n) is 9.75. The summed E-state index contributed by atoms with van der Waals surface area (Å²) in [7, 11) is -4.64. The lowest BCUT2D eigenvalue weighted by molar-refractivity contribution is 0.0798. The molecule has 1 aliphatic rings. The van der Waals surface area contributed by atoms with Crippen LogP contribution < -0.4 is 9.47 Å². The molecule has 0 saturated carbocycles. The highest BCUT2D eigenvalue weighted by molar-refractivity contribution is 7.85. The number of benzene rings is 1. The van der Waals surface area contributed by atoms with Crippen molar-refractivity contribution in [2.45, 2.75) is 44.9 Å². The molecule has 0 fully saturated rings. The van der Waals surface area contributed by atoms with Crippen LogP contribution in [0.15, 0.2) is 48.8 Å². The SMILES string of the molecule is C[Si](C)(C)CCOCn1nccc1-c1ccc(Oc2ccc3c(c2)O[C@H](COS(C)(=O)=O)C3)nc1. The zero-order chi connectivity index (χ0) is 25.1. The highest BCUT2D eigenvalue weighted by Crippen LogP contribution is 2.34. The maximum Gasteiger partial charge on any atom is 0.264 e. The molecule has 2 aromatic heterocycles. The lowest BCUT2D eigenvalue weighted by Crippen LogP contribution is -2.22. The zero-order valence-electron chi connectivity index (χ0n) is 20.4. The molecule has 11 heteroatoms. The van der Waals surface area contributed by atoms with Gasteiger partial charge in [0.25, 0.3) is 10.1 Å². The minimum Gasteiger partial charge on any atom is -0.487 e. The summed E-state index contributed by atoms with van der Waals surface area (Å²) in [6.45, 7) is 8.09. The van der Waals surface area contributed by atoms with Crippen molar-refractivity contribution >= 4 is 18.2 Å². The fourth-order valence-corrected chi connectivity index (χ4v) is 4.71. The summed E-state index contributed by atoms with van der Waals surface area (Å²) in [6.07, 6.45) is 4.74. The summed E-state index contributed by atoms with van der Waals surface area (Å²) < 4.78 is 46.7. The Labute approximate surface area is 207 Å². The van der Waals surface area contributed by atoms with Crippen molar-refractivity contribution in [3.8, 4) is 28.6 Å². The van der Waals surface area contributed by atoms with Gasteiger partial charge in [-0.15, -0.1) is 0 Å². The van der Waals surface area contributed by atoms with Crippen molar-refractivity contribution in [3.05, 3.63) is 54.4 Å². The third-order valence-electron chi connectivity index (χ3n) is 5.43. The lowest BCUT2D eigenvalue weighted by Gasteiger charge is -2.16. The Balaban J connectivity index is 1.35. The van der Waals surface area contributed by atoms with E-state index in [1.54, 1.807) is 24.5 Å². The molecule has 0 aliphatic carbocycles. The molecule has 0 N–H and O–H groups in total. The molecular weight excluding hydrogens is 486 g/mol. The molecule has 0 unspecified atom stereocenters. The van der Waals surface area contributed by atoms with Crippen LogP contribution in [0.5, 0.6) is 17.4 Å². The van der Waals surface area contributed by atoms with Gasteiger partial charge in [0, 0.05) is 51.2 Å². The fourth-order valence-electron chi connectivity index (χ4n) is 3.56. The normalized spacial score (nSPS) is 15.6. The average Bonchev–Trinajstić information content (AvgIpc) is 3.41. The molecule has 0 amide bonds. The fraction of sp³-hybridized carbons (Fsp3) is 0.417. The molecule has 188 valence electrons. The zero-order valence-corrected chi connectivity index (χ0v) is 22.2. The van der Waals surface area contributed by atoms with Gasteiger partial charge in [-0.3, -0.25) is 4.18 Å². The van der Waals surface area contributed by atoms with Crippen molar-refractivity contribution < 1.29 is 26.8 Å². The van der Waals surface area contributed by atoms with Gasteiger partial charge in [0.2, 0.25) is 5.88 Å². The highest BCUT2D eigenvalue weighted by Gasteiger charge is 2.25. The Morgan fingerprint density at radius 1 is 1.17 bits per heavy atom. The molecule has 3 aromatic rings. The maximum atomic E-state index is 11.2. The van der Waals surface area contributed by atoms with Crippen LogP contribution in [0.4, 0.5) is 0 Å². The highest BCUT2D eigenvalue weighted by atomic mass is 32.2. The van der Waals surface area contributed by atoms with E-state index in [9.17, 15) is 8.42 Å². The average molecular weight is 518 g/mol. The Hall–Kier alpha value is -2.73. The van der Waals surface area contributed by atoms with E-state index in [1.165, 1.54) is 0 Å². The van der Waals surface area contributed by atoms with E-state index < -0.39 is 18.2 Å². The molecule has 0 radical (unpaired) electrons. The van der Waals surface area contributed by atoms with Crippen LogP contribution in [-0.2, 0) is 32.2 Å². The van der Waals surface area contributed by atoms with Crippen LogP contribution in [0, 0.1) is 0 Å². The van der Waals surface area contributed by atoms with Crippen molar-refractivity contribution in [1.29, 1.82) is 0 Å². The number of fused-ring (bicyclic) bond motifs is 1. The van der Waals surface area contributed by atoms with Gasteiger partial charge in [0.1, 0.15) is 30.9 Å². The number of pyridine rings is 1. The molecule has 1 atom stereocenters. The van der Waals surface area contributed by atoms with Crippen LogP contribution in [0.25, 0.3) is 11.3 Å². The molecule has 0 spiro atoms. The molecule has 3 heterocycles. The maximum absolute atomic E-state index is 11.2. The predicted molar refractivity (Wildman–Crippen MR) is 135 cm³/mol. The summed E-state index contributed by atoms with van der Waals surface area (Å²) in [5.74, 6) is 1.68. The van der Waals surface area contributed by atoms with E-state index in [1.807, 2.05) is 28.9 Å². The molecule has 1 aliphatic heterocycles. The van der Waals surface area contributed by atoms with Gasteiger partial charge in [-0.2, -0.15) is 13.5 Å². The van der Waals surface area contributed by atoms with Crippen molar-refractivity contribution in [2.24, 2.45) is 0 Å². The third kappa shape index (κ3) is 7.37. The number of aromatic nitrogens is 3. The van der Waals surface area contributed by atoms with Gasteiger partial charge in [-0.25, -0.2) is 9.67 Å². The van der Waals surface area contributed by atoms with Gasteiger partial charge in [0.05, 0.1) is 11.9 Å². The Kier molecular flexibility index (Phi) is 7.60. The largest absolute Gasteiger partial charge is 0.487 e. The minimum absolute atomic E-state index is 0.0212. The van der Waals surface area contributed by atoms with Crippen LogP contribution in [0.2, 0.25) is 25.7 Å². The quantitative estimate of drug-likeness (QED) is 0.210. The molecule has 1 aromatic carbocycles. The van der Waals surface area contributed by atoms with E-state index >= 15 is 0 Å². The third-order valence-corrected chi connectivity index (χ3v) is 7.70. The predicted octanol–water partition coefficient (Wildman–Crippen LogP) is 4.33. The monoisotopic (exact) mass is 517 g/mol. The summed E-state index contributed by atoms with van der Waals surface area (Å²) in [4.78, 5) is 4.44. The number of ether oxygens (including phenoxy) is 3. The Bertz CT molecular complexity index is 1260. The van der Waals surface area contributed by atoms with Crippen molar-refractivity contribution in [1.82, 2.24) is 14.8 Å². The van der Waals surface area contributed by atoms with E-state index in [4.69, 9.17) is 18.4 Å². The van der Waals surface area contributed by atoms with Gasteiger partial charge >= 0.3 is 0 Å². The van der Waals surface area contributed by atoms with E-state index in [0.717, 1.165) is 35.7 Å². The first-order valence-electron chi connectivity index (χ1n) is 11.4. The Morgan fingerprint density at radius 3 is 2.71 bits per heavy atom. The summed E-state index contributed by atoms with van der Waals surface area (Å²) in [6, 6.07) is 12.3. The van der Waals surface area contributed by atoms with Crippen LogP contribution >= 0.6 is 0 Å². The van der Waals surface area contributed by atoms with E-state index in [0.29, 0.717) is 30.5 Å². The van der Waals surface area contributed by atoms with Gasteiger partial charge < -0.3 is 14.2 Å². The second kappa shape index (κ2) is 10.5. The van der Waals surface area contributed by atoms with Crippen LogP contribution in [0.1, 0.15) is 5.56 Å². The topological polar surface area (TPSA) is 102 Å². The first kappa shape index (κ1) is 25.4. The minimum atomic E-state index is -3.51. The van der Waals surface area contributed by atoms with Gasteiger partial charge in [-0.05, 0) is 29.8 Å². The standard InChI is InChI=1S/C24H31N3O6SSi/c1-34(28,29)31-16-21-13-18-5-7-20(14-23(18)32-21)33-24-8-6-19(15-25-24)22-9-10-26-27(22)17-30-11-12-35(2,3)4/h5-10,14-15,21H,11-13,16-17H2,1-4H3/t21-/m0/s1. The Morgan fingerprint density at radius 2 is 2.00 bits per heavy atom. The molecule has 4 rings (SSSR count). The first-order chi connectivity index (χ1) is 16.6. The summed E-state index contributed by atoms with van der Waals surface area (Å²) in [5, 5.41) is 4.37. The lowest BCUT2D eigenvalue weighted by atomic mass is 10.1. The number of rotatable bonds is 11. The first-order valence-corrected chi connectivity index (χ1v) is 17.0. The van der Waals surface area contributed by atoms with E-state index in [-0.39, 0.29) is 12.7 Å². The van der Waals surface area contributed by atoms with Gasteiger partial charge in [0.15, 0.2) is 0 Å².